The van der Waals surface area contributed by atoms with Crippen LogP contribution >= 0.6 is 0 Å². The van der Waals surface area contributed by atoms with Gasteiger partial charge in [-0.1, -0.05) is 12.1 Å². The lowest BCUT2D eigenvalue weighted by atomic mass is 10.3. The fraction of sp³-hybridized carbons (Fsp3) is 0.250. The van der Waals surface area contributed by atoms with Gasteiger partial charge in [0.2, 0.25) is 0 Å². The van der Waals surface area contributed by atoms with Crippen molar-refractivity contribution in [2.45, 2.75) is 6.10 Å². The molecule has 0 saturated carbocycles. The number of nitrogens with one attached hydrogen (secondary N) is 1. The Hall–Kier alpha value is -2.21. The third-order valence-corrected chi connectivity index (χ3v) is 2.48. The third kappa shape index (κ3) is 2.72. The predicted molar refractivity (Wildman–Crippen MR) is 66.5 cm³/mol. The van der Waals surface area contributed by atoms with E-state index < -0.39 is 12.1 Å². The van der Waals surface area contributed by atoms with E-state index in [9.17, 15) is 4.79 Å². The fourth-order valence-electron chi connectivity index (χ4n) is 1.51. The first kappa shape index (κ1) is 12.3. The molecule has 0 amide bonds. The molecule has 0 aliphatic heterocycles. The van der Waals surface area contributed by atoms with Crippen LogP contribution < -0.4 is 5.32 Å². The number of hydrogen-bond acceptors (Lipinski definition) is 5. The van der Waals surface area contributed by atoms with E-state index in [1.165, 1.54) is 7.11 Å². The highest BCUT2D eigenvalue weighted by atomic mass is 16.5. The molecule has 0 radical (unpaired) electrons. The average molecular weight is 247 g/mol. The minimum absolute atomic E-state index is 0.138. The molecule has 18 heavy (non-hydrogen) atoms. The molecule has 1 aromatic heterocycles. The van der Waals surface area contributed by atoms with E-state index in [1.807, 2.05) is 24.3 Å². The van der Waals surface area contributed by atoms with Crippen LogP contribution in [0.15, 0.2) is 30.5 Å². The first-order valence-corrected chi connectivity index (χ1v) is 5.42. The molecule has 2 aromatic rings. The lowest BCUT2D eigenvalue weighted by Gasteiger charge is -2.11. The van der Waals surface area contributed by atoms with Gasteiger partial charge < -0.3 is 15.2 Å². The number of carboxylic acids is 1. The number of aliphatic carboxylic acids is 1. The topological polar surface area (TPSA) is 84.3 Å². The monoisotopic (exact) mass is 247 g/mol. The van der Waals surface area contributed by atoms with E-state index in [2.05, 4.69) is 15.3 Å². The van der Waals surface area contributed by atoms with Gasteiger partial charge >= 0.3 is 5.97 Å². The van der Waals surface area contributed by atoms with Crippen LogP contribution in [0.4, 0.5) is 5.82 Å². The Bertz CT molecular complexity index is 559. The molecule has 2 rings (SSSR count). The first-order chi connectivity index (χ1) is 8.70. The van der Waals surface area contributed by atoms with Gasteiger partial charge in [0.15, 0.2) is 6.10 Å². The van der Waals surface area contributed by atoms with Crippen molar-refractivity contribution in [3.8, 4) is 0 Å². The highest BCUT2D eigenvalue weighted by Gasteiger charge is 2.15. The molecule has 6 heteroatoms. The van der Waals surface area contributed by atoms with Crippen LogP contribution in [-0.2, 0) is 9.53 Å². The Morgan fingerprint density at radius 2 is 2.17 bits per heavy atom. The van der Waals surface area contributed by atoms with Crippen molar-refractivity contribution < 1.29 is 14.6 Å². The molecule has 1 heterocycles. The Morgan fingerprint density at radius 3 is 2.83 bits per heavy atom. The second-order valence-corrected chi connectivity index (χ2v) is 3.69. The van der Waals surface area contributed by atoms with E-state index in [-0.39, 0.29) is 6.54 Å². The molecule has 0 saturated heterocycles. The molecule has 94 valence electrons. The average Bonchev–Trinajstić information content (AvgIpc) is 2.39. The van der Waals surface area contributed by atoms with Crippen molar-refractivity contribution in [1.29, 1.82) is 0 Å². The Kier molecular flexibility index (Phi) is 3.69. The number of rotatable bonds is 5. The summed E-state index contributed by atoms with van der Waals surface area (Å²) in [6.45, 7) is 0.138. The summed E-state index contributed by atoms with van der Waals surface area (Å²) in [5.74, 6) is -0.490. The van der Waals surface area contributed by atoms with Gasteiger partial charge in [0, 0.05) is 7.11 Å². The molecule has 0 aliphatic carbocycles. The summed E-state index contributed by atoms with van der Waals surface area (Å²) in [4.78, 5) is 19.3. The number of aromatic nitrogens is 2. The van der Waals surface area contributed by atoms with Crippen molar-refractivity contribution in [3.05, 3.63) is 30.5 Å². The van der Waals surface area contributed by atoms with Crippen LogP contribution in [0.5, 0.6) is 0 Å². The second-order valence-electron chi connectivity index (χ2n) is 3.69. The molecular formula is C12H13N3O3. The van der Waals surface area contributed by atoms with Crippen molar-refractivity contribution in [1.82, 2.24) is 9.97 Å². The summed E-state index contributed by atoms with van der Waals surface area (Å²) in [6.07, 6.45) is 0.662. The van der Waals surface area contributed by atoms with Crippen LogP contribution in [0.3, 0.4) is 0 Å². The van der Waals surface area contributed by atoms with Gasteiger partial charge in [-0.05, 0) is 12.1 Å². The lowest BCUT2D eigenvalue weighted by Crippen LogP contribution is -2.30. The molecule has 0 fully saturated rings. The Balaban J connectivity index is 2.10. The maximum atomic E-state index is 10.8. The highest BCUT2D eigenvalue weighted by molar-refractivity contribution is 5.75. The van der Waals surface area contributed by atoms with Crippen molar-refractivity contribution >= 4 is 22.8 Å². The number of ether oxygens (including phenoxy) is 1. The predicted octanol–water partition coefficient (Wildman–Crippen LogP) is 1.14. The van der Waals surface area contributed by atoms with Gasteiger partial charge in [-0.25, -0.2) is 9.78 Å². The van der Waals surface area contributed by atoms with E-state index in [0.717, 1.165) is 11.0 Å². The van der Waals surface area contributed by atoms with E-state index in [0.29, 0.717) is 5.82 Å². The molecular weight excluding hydrogens is 234 g/mol. The van der Waals surface area contributed by atoms with Gasteiger partial charge in [0.25, 0.3) is 0 Å². The molecule has 6 nitrogen and oxygen atoms in total. The van der Waals surface area contributed by atoms with E-state index >= 15 is 0 Å². The van der Waals surface area contributed by atoms with Gasteiger partial charge in [-0.2, -0.15) is 0 Å². The highest BCUT2D eigenvalue weighted by Crippen LogP contribution is 2.11. The summed E-state index contributed by atoms with van der Waals surface area (Å²) in [5.41, 5.74) is 1.55. The molecule has 1 unspecified atom stereocenters. The number of anilines is 1. The first-order valence-electron chi connectivity index (χ1n) is 5.42. The van der Waals surface area contributed by atoms with Crippen molar-refractivity contribution in [2.75, 3.05) is 19.0 Å². The molecule has 2 N–H and O–H groups in total. The summed E-state index contributed by atoms with van der Waals surface area (Å²) >= 11 is 0. The van der Waals surface area contributed by atoms with Gasteiger partial charge in [0.05, 0.1) is 23.8 Å². The van der Waals surface area contributed by atoms with Crippen LogP contribution in [0, 0.1) is 0 Å². The van der Waals surface area contributed by atoms with Crippen LogP contribution in [-0.4, -0.2) is 40.8 Å². The number of para-hydroxylation sites is 2. The number of methoxy groups -OCH3 is 1. The standard InChI is InChI=1S/C12H13N3O3/c1-18-10(12(16)17)6-14-11-7-13-8-4-2-3-5-9(8)15-11/h2-5,7,10H,6H2,1H3,(H,14,15)(H,16,17). The van der Waals surface area contributed by atoms with E-state index in [4.69, 9.17) is 9.84 Å². The van der Waals surface area contributed by atoms with E-state index in [1.54, 1.807) is 6.20 Å². The van der Waals surface area contributed by atoms with Crippen LogP contribution in [0.25, 0.3) is 11.0 Å². The van der Waals surface area contributed by atoms with Crippen molar-refractivity contribution in [2.24, 2.45) is 0 Å². The number of benzene rings is 1. The largest absolute Gasteiger partial charge is 0.479 e. The summed E-state index contributed by atoms with van der Waals surface area (Å²) in [6, 6.07) is 7.46. The number of hydrogen-bond donors (Lipinski definition) is 2. The fourth-order valence-corrected chi connectivity index (χ4v) is 1.51. The number of nitrogens with zero attached hydrogens (tertiary/aromatic N) is 2. The van der Waals surface area contributed by atoms with Gasteiger partial charge in [-0.3, -0.25) is 4.98 Å². The Morgan fingerprint density at radius 1 is 1.44 bits per heavy atom. The third-order valence-electron chi connectivity index (χ3n) is 2.48. The zero-order chi connectivity index (χ0) is 13.0. The number of carbonyl (C=O) groups is 1. The minimum Gasteiger partial charge on any atom is -0.479 e. The van der Waals surface area contributed by atoms with Crippen LogP contribution in [0.2, 0.25) is 0 Å². The van der Waals surface area contributed by atoms with Gasteiger partial charge in [0.1, 0.15) is 5.82 Å². The number of carboxylic acid groups (broad SMARTS) is 1. The van der Waals surface area contributed by atoms with Crippen molar-refractivity contribution in [3.63, 3.8) is 0 Å². The SMILES string of the molecule is COC(CNc1cnc2ccccc2n1)C(=O)O. The maximum absolute atomic E-state index is 10.8. The minimum atomic E-state index is -1.02. The maximum Gasteiger partial charge on any atom is 0.334 e. The smallest absolute Gasteiger partial charge is 0.334 e. The molecule has 1 atom stereocenters. The number of fused-ring (bicyclic) bond motifs is 1. The van der Waals surface area contributed by atoms with Gasteiger partial charge in [-0.15, -0.1) is 0 Å². The summed E-state index contributed by atoms with van der Waals surface area (Å²) in [7, 11) is 1.35. The summed E-state index contributed by atoms with van der Waals surface area (Å²) in [5, 5.41) is 11.7. The zero-order valence-corrected chi connectivity index (χ0v) is 9.83. The second kappa shape index (κ2) is 5.42. The zero-order valence-electron chi connectivity index (χ0n) is 9.83. The normalized spacial score (nSPS) is 12.3. The lowest BCUT2D eigenvalue weighted by molar-refractivity contribution is -0.147. The molecule has 0 bridgehead atoms. The van der Waals surface area contributed by atoms with Crippen LogP contribution in [0.1, 0.15) is 0 Å². The molecule has 1 aromatic carbocycles. The quantitative estimate of drug-likeness (QED) is 0.824. The molecule has 0 aliphatic rings. The summed E-state index contributed by atoms with van der Waals surface area (Å²) < 4.78 is 4.81. The Labute approximate surface area is 104 Å². The molecule has 0 spiro atoms.